The van der Waals surface area contributed by atoms with Crippen molar-refractivity contribution in [3.8, 4) is 45.3 Å². The molecule has 43 heavy (non-hydrogen) atoms. The largest absolute Gasteiger partial charge is 0.208 e. The number of rotatable bonds is 5. The van der Waals surface area contributed by atoms with Crippen molar-refractivity contribution in [3.05, 3.63) is 164 Å². The van der Waals surface area contributed by atoms with Gasteiger partial charge in [0.15, 0.2) is 17.5 Å². The zero-order chi connectivity index (χ0) is 28.6. The third-order valence-corrected chi connectivity index (χ3v) is 12.0. The van der Waals surface area contributed by atoms with E-state index in [0.717, 1.165) is 16.7 Å². The van der Waals surface area contributed by atoms with Gasteiger partial charge in [-0.05, 0) is 42.0 Å². The predicted molar refractivity (Wildman–Crippen MR) is 175 cm³/mol. The van der Waals surface area contributed by atoms with Crippen molar-refractivity contribution in [2.75, 3.05) is 0 Å². The lowest BCUT2D eigenvalue weighted by Crippen LogP contribution is -2.02. The van der Waals surface area contributed by atoms with Crippen LogP contribution in [0.25, 0.3) is 45.3 Å². The third-order valence-electron chi connectivity index (χ3n) is 7.98. The topological polar surface area (TPSA) is 38.7 Å². The first-order valence-corrected chi connectivity index (χ1v) is 16.0. The zero-order valence-electron chi connectivity index (χ0n) is 23.3. The molecule has 0 bridgehead atoms. The lowest BCUT2D eigenvalue weighted by molar-refractivity contribution is 1.07. The Hall–Kier alpha value is -5.32. The molecular formula is C39H27N3S. The van der Waals surface area contributed by atoms with Crippen LogP contribution in [0.4, 0.5) is 0 Å². The van der Waals surface area contributed by atoms with E-state index in [2.05, 4.69) is 127 Å². The molecule has 204 valence electrons. The maximum atomic E-state index is 5.13. The van der Waals surface area contributed by atoms with Gasteiger partial charge in [0, 0.05) is 41.8 Å². The number of benzene rings is 6. The molecule has 0 spiro atoms. The van der Waals surface area contributed by atoms with Gasteiger partial charge < -0.3 is 0 Å². The van der Waals surface area contributed by atoms with Crippen molar-refractivity contribution < 1.29 is 0 Å². The van der Waals surface area contributed by atoms with E-state index in [4.69, 9.17) is 15.0 Å². The molecule has 6 aromatic carbocycles. The predicted octanol–water partition coefficient (Wildman–Crippen LogP) is 10.2. The quantitative estimate of drug-likeness (QED) is 0.207. The van der Waals surface area contributed by atoms with Gasteiger partial charge in [-0.25, -0.2) is 15.0 Å². The third kappa shape index (κ3) is 4.10. The van der Waals surface area contributed by atoms with Gasteiger partial charge in [0.05, 0.1) is 0 Å². The van der Waals surface area contributed by atoms with Crippen LogP contribution in [0.2, 0.25) is 0 Å². The Labute approximate surface area is 252 Å². The molecule has 0 fully saturated rings. The van der Waals surface area contributed by atoms with Crippen LogP contribution in [0.1, 0.15) is 0 Å². The van der Waals surface area contributed by atoms with Gasteiger partial charge >= 0.3 is 0 Å². The number of nitrogens with zero attached hydrogens (tertiary/aromatic N) is 3. The summed E-state index contributed by atoms with van der Waals surface area (Å²) in [4.78, 5) is 20.5. The molecule has 1 aliphatic heterocycles. The summed E-state index contributed by atoms with van der Waals surface area (Å²) in [5.74, 6) is 2.01. The van der Waals surface area contributed by atoms with Crippen molar-refractivity contribution >= 4 is 10.0 Å². The first kappa shape index (κ1) is 25.4. The lowest BCUT2D eigenvalue weighted by Gasteiger charge is -2.39. The summed E-state index contributed by atoms with van der Waals surface area (Å²) in [6, 6.07) is 57.8. The molecule has 7 aromatic rings. The molecule has 8 rings (SSSR count). The van der Waals surface area contributed by atoms with E-state index in [1.165, 1.54) is 30.7 Å². The Kier molecular flexibility index (Phi) is 6.20. The van der Waals surface area contributed by atoms with Crippen molar-refractivity contribution in [2.24, 2.45) is 0 Å². The van der Waals surface area contributed by atoms with Gasteiger partial charge in [-0.1, -0.05) is 127 Å². The Morgan fingerprint density at radius 1 is 0.326 bits per heavy atom. The van der Waals surface area contributed by atoms with E-state index in [-0.39, 0.29) is 0 Å². The SMILES string of the molecule is c1ccc(-c2nc(-c3ccccc3)nc(-c3cccc4c3-c3ccccc3S4(c3ccccc3)c3ccccc3)n2)cc1. The second kappa shape index (κ2) is 10.5. The number of hydrogen-bond donors (Lipinski definition) is 0. The van der Waals surface area contributed by atoms with Gasteiger partial charge in [0.2, 0.25) is 0 Å². The number of fused-ring (bicyclic) bond motifs is 3. The Morgan fingerprint density at radius 2 is 0.744 bits per heavy atom. The van der Waals surface area contributed by atoms with Crippen LogP contribution in [-0.4, -0.2) is 15.0 Å². The van der Waals surface area contributed by atoms with Gasteiger partial charge in [0.1, 0.15) is 0 Å². The Morgan fingerprint density at radius 3 is 1.30 bits per heavy atom. The van der Waals surface area contributed by atoms with Crippen LogP contribution < -0.4 is 0 Å². The van der Waals surface area contributed by atoms with Crippen LogP contribution in [0.5, 0.6) is 0 Å². The number of aromatic nitrogens is 3. The molecule has 0 atom stereocenters. The van der Waals surface area contributed by atoms with E-state index in [0.29, 0.717) is 17.5 Å². The first-order chi connectivity index (χ1) is 21.3. The molecule has 1 aromatic heterocycles. The fourth-order valence-electron chi connectivity index (χ4n) is 6.13. The summed E-state index contributed by atoms with van der Waals surface area (Å²) in [6.45, 7) is 0. The maximum Gasteiger partial charge on any atom is 0.164 e. The highest BCUT2D eigenvalue weighted by molar-refractivity contribution is 8.34. The van der Waals surface area contributed by atoms with E-state index in [1.54, 1.807) is 0 Å². The van der Waals surface area contributed by atoms with Crippen LogP contribution in [-0.2, 0) is 0 Å². The highest BCUT2D eigenvalue weighted by Crippen LogP contribution is 2.80. The van der Waals surface area contributed by atoms with E-state index < -0.39 is 10.0 Å². The van der Waals surface area contributed by atoms with Gasteiger partial charge in [0.25, 0.3) is 0 Å². The van der Waals surface area contributed by atoms with E-state index in [1.807, 2.05) is 36.4 Å². The maximum absolute atomic E-state index is 5.13. The average Bonchev–Trinajstić information content (AvgIpc) is 3.41. The van der Waals surface area contributed by atoms with Crippen LogP contribution >= 0.6 is 10.0 Å². The highest BCUT2D eigenvalue weighted by Gasteiger charge is 2.43. The summed E-state index contributed by atoms with van der Waals surface area (Å²) in [7, 11) is -1.76. The highest BCUT2D eigenvalue weighted by atomic mass is 32.3. The molecule has 0 saturated heterocycles. The molecular weight excluding hydrogens is 543 g/mol. The molecule has 3 nitrogen and oxygen atoms in total. The van der Waals surface area contributed by atoms with Crippen LogP contribution in [0.3, 0.4) is 0 Å². The lowest BCUT2D eigenvalue weighted by atomic mass is 9.99. The molecule has 1 aliphatic rings. The number of hydrogen-bond acceptors (Lipinski definition) is 3. The molecule has 0 radical (unpaired) electrons. The molecule has 0 unspecified atom stereocenters. The summed E-state index contributed by atoms with van der Waals surface area (Å²) in [5.41, 5.74) is 5.38. The fourth-order valence-corrected chi connectivity index (χ4v) is 10.4. The molecule has 2 heterocycles. The summed E-state index contributed by atoms with van der Waals surface area (Å²) in [5, 5.41) is 0. The van der Waals surface area contributed by atoms with Gasteiger partial charge in [-0.2, -0.15) is 0 Å². The van der Waals surface area contributed by atoms with Crippen molar-refractivity contribution in [1.29, 1.82) is 0 Å². The average molecular weight is 570 g/mol. The van der Waals surface area contributed by atoms with E-state index in [9.17, 15) is 0 Å². The van der Waals surface area contributed by atoms with Gasteiger partial charge in [-0.3, -0.25) is 0 Å². The molecule has 0 saturated carbocycles. The van der Waals surface area contributed by atoms with Crippen molar-refractivity contribution in [2.45, 2.75) is 19.6 Å². The molecule has 0 amide bonds. The molecule has 4 heteroatoms. The minimum absolute atomic E-state index is 0.665. The normalized spacial score (nSPS) is 13.6. The smallest absolute Gasteiger partial charge is 0.164 e. The first-order valence-electron chi connectivity index (χ1n) is 14.4. The Balaban J connectivity index is 1.45. The summed E-state index contributed by atoms with van der Waals surface area (Å²) in [6.07, 6.45) is 0. The second-order valence-corrected chi connectivity index (χ2v) is 13.5. The van der Waals surface area contributed by atoms with E-state index >= 15 is 0 Å². The van der Waals surface area contributed by atoms with Crippen LogP contribution in [0, 0.1) is 0 Å². The summed E-state index contributed by atoms with van der Waals surface area (Å²) < 4.78 is 0. The minimum Gasteiger partial charge on any atom is -0.208 e. The molecule has 0 N–H and O–H groups in total. The monoisotopic (exact) mass is 569 g/mol. The Bertz CT molecular complexity index is 1960. The zero-order valence-corrected chi connectivity index (χ0v) is 24.2. The molecule has 0 aliphatic carbocycles. The van der Waals surface area contributed by atoms with Crippen molar-refractivity contribution in [1.82, 2.24) is 15.0 Å². The van der Waals surface area contributed by atoms with Crippen molar-refractivity contribution in [3.63, 3.8) is 0 Å². The van der Waals surface area contributed by atoms with Gasteiger partial charge in [-0.15, -0.1) is 10.0 Å². The van der Waals surface area contributed by atoms with Crippen LogP contribution in [0.15, 0.2) is 183 Å². The minimum atomic E-state index is -1.76. The standard InChI is InChI=1S/C39H27N3S/c1-5-16-28(17-6-1)37-40-38(29-18-7-2-8-19-29)42-39(41-37)33-25-15-27-35-36(33)32-24-13-14-26-34(32)43(35,30-20-9-3-10-21-30)31-22-11-4-12-23-31/h1-27H. The fraction of sp³-hybridized carbons (Fsp3) is 0. The second-order valence-electron chi connectivity index (χ2n) is 10.5. The summed E-state index contributed by atoms with van der Waals surface area (Å²) >= 11 is 0.